The lowest BCUT2D eigenvalue weighted by Crippen LogP contribution is -2.03. The zero-order valence-electron chi connectivity index (χ0n) is 8.68. The van der Waals surface area contributed by atoms with Crippen molar-refractivity contribution in [2.24, 2.45) is 0 Å². The highest BCUT2D eigenvalue weighted by atomic mass is 19.1. The number of benzene rings is 1. The van der Waals surface area contributed by atoms with Crippen molar-refractivity contribution in [2.45, 2.75) is 12.5 Å². The van der Waals surface area contributed by atoms with Crippen molar-refractivity contribution >= 4 is 0 Å². The smallest absolute Gasteiger partial charge is 0.123 e. The molecule has 0 bridgehead atoms. The summed E-state index contributed by atoms with van der Waals surface area (Å²) in [7, 11) is 0. The maximum atomic E-state index is 12.7. The number of rotatable bonds is 3. The first-order valence-corrected chi connectivity index (χ1v) is 5.09. The largest absolute Gasteiger partial charge is 0.386 e. The summed E-state index contributed by atoms with van der Waals surface area (Å²) in [5.41, 5.74) is 1.52. The maximum Gasteiger partial charge on any atom is 0.123 e. The molecule has 0 aliphatic rings. The summed E-state index contributed by atoms with van der Waals surface area (Å²) < 4.78 is 12.7. The molecule has 0 fully saturated rings. The molecule has 3 heteroatoms. The molecule has 1 aromatic heterocycles. The molecular weight excluding hydrogens is 205 g/mol. The third kappa shape index (κ3) is 2.64. The van der Waals surface area contributed by atoms with E-state index in [4.69, 9.17) is 0 Å². The quantitative estimate of drug-likeness (QED) is 0.856. The van der Waals surface area contributed by atoms with Crippen molar-refractivity contribution in [3.63, 3.8) is 0 Å². The standard InChI is InChI=1S/C13H12FNO/c14-11-6-4-10(5-7-11)9-13(16)12-3-1-2-8-15-12/h1-8,13,16H,9H2. The topological polar surface area (TPSA) is 33.1 Å². The van der Waals surface area contributed by atoms with Gasteiger partial charge in [-0.05, 0) is 29.8 Å². The molecule has 16 heavy (non-hydrogen) atoms. The molecule has 0 saturated carbocycles. The Morgan fingerprint density at radius 1 is 1.12 bits per heavy atom. The van der Waals surface area contributed by atoms with Gasteiger partial charge in [0.2, 0.25) is 0 Å². The molecule has 1 atom stereocenters. The summed E-state index contributed by atoms with van der Waals surface area (Å²) >= 11 is 0. The predicted molar refractivity (Wildman–Crippen MR) is 59.3 cm³/mol. The van der Waals surface area contributed by atoms with E-state index < -0.39 is 6.10 Å². The second kappa shape index (κ2) is 4.86. The molecule has 1 unspecified atom stereocenters. The van der Waals surface area contributed by atoms with Crippen LogP contribution in [0.25, 0.3) is 0 Å². The van der Waals surface area contributed by atoms with Crippen molar-refractivity contribution < 1.29 is 9.50 Å². The van der Waals surface area contributed by atoms with Gasteiger partial charge in [-0.2, -0.15) is 0 Å². The minimum atomic E-state index is -0.647. The Balaban J connectivity index is 2.08. The SMILES string of the molecule is OC(Cc1ccc(F)cc1)c1ccccn1. The van der Waals surface area contributed by atoms with E-state index in [9.17, 15) is 9.50 Å². The molecule has 82 valence electrons. The number of aromatic nitrogens is 1. The first kappa shape index (κ1) is 10.8. The summed E-state index contributed by atoms with van der Waals surface area (Å²) in [5.74, 6) is -0.268. The van der Waals surface area contributed by atoms with Gasteiger partial charge in [-0.1, -0.05) is 18.2 Å². The highest BCUT2D eigenvalue weighted by molar-refractivity contribution is 5.19. The average Bonchev–Trinajstić information content (AvgIpc) is 2.33. The predicted octanol–water partition coefficient (Wildman–Crippen LogP) is 2.50. The van der Waals surface area contributed by atoms with Crippen molar-refractivity contribution in [1.29, 1.82) is 0 Å². The molecule has 0 radical (unpaired) electrons. The summed E-state index contributed by atoms with van der Waals surface area (Å²) in [6.07, 6.45) is 1.44. The average molecular weight is 217 g/mol. The maximum absolute atomic E-state index is 12.7. The summed E-state index contributed by atoms with van der Waals surface area (Å²) in [6.45, 7) is 0. The summed E-state index contributed by atoms with van der Waals surface area (Å²) in [4.78, 5) is 4.07. The van der Waals surface area contributed by atoms with E-state index in [1.54, 1.807) is 30.5 Å². The minimum Gasteiger partial charge on any atom is -0.386 e. The number of pyridine rings is 1. The van der Waals surface area contributed by atoms with E-state index in [1.807, 2.05) is 6.07 Å². The monoisotopic (exact) mass is 217 g/mol. The molecule has 0 aliphatic heterocycles. The van der Waals surface area contributed by atoms with Crippen LogP contribution in [0.2, 0.25) is 0 Å². The van der Waals surface area contributed by atoms with E-state index >= 15 is 0 Å². The van der Waals surface area contributed by atoms with Crippen LogP contribution in [0.3, 0.4) is 0 Å². The van der Waals surface area contributed by atoms with E-state index in [-0.39, 0.29) is 5.82 Å². The Bertz CT molecular complexity index is 441. The van der Waals surface area contributed by atoms with Gasteiger partial charge in [0.15, 0.2) is 0 Å². The van der Waals surface area contributed by atoms with Crippen molar-refractivity contribution in [2.75, 3.05) is 0 Å². The lowest BCUT2D eigenvalue weighted by molar-refractivity contribution is 0.173. The lowest BCUT2D eigenvalue weighted by atomic mass is 10.1. The van der Waals surface area contributed by atoms with Crippen LogP contribution in [0.4, 0.5) is 4.39 Å². The van der Waals surface area contributed by atoms with Gasteiger partial charge in [0.1, 0.15) is 5.82 Å². The highest BCUT2D eigenvalue weighted by Crippen LogP contribution is 2.16. The summed E-state index contributed by atoms with van der Waals surface area (Å²) in [5, 5.41) is 9.89. The van der Waals surface area contributed by atoms with Crippen LogP contribution in [0.15, 0.2) is 48.7 Å². The van der Waals surface area contributed by atoms with Crippen molar-refractivity contribution in [3.8, 4) is 0 Å². The number of aliphatic hydroxyl groups is 1. The van der Waals surface area contributed by atoms with Crippen LogP contribution in [0.5, 0.6) is 0 Å². The van der Waals surface area contributed by atoms with Gasteiger partial charge >= 0.3 is 0 Å². The van der Waals surface area contributed by atoms with Crippen molar-refractivity contribution in [1.82, 2.24) is 4.98 Å². The van der Waals surface area contributed by atoms with Crippen LogP contribution < -0.4 is 0 Å². The minimum absolute atomic E-state index is 0.268. The molecule has 1 heterocycles. The third-order valence-corrected chi connectivity index (χ3v) is 2.37. The number of halogens is 1. The van der Waals surface area contributed by atoms with E-state index in [1.165, 1.54) is 12.1 Å². The molecule has 2 rings (SSSR count). The van der Waals surface area contributed by atoms with Crippen LogP contribution in [-0.2, 0) is 6.42 Å². The fourth-order valence-electron chi connectivity index (χ4n) is 1.52. The van der Waals surface area contributed by atoms with Crippen LogP contribution in [0, 0.1) is 5.82 Å². The molecule has 1 N–H and O–H groups in total. The Hall–Kier alpha value is -1.74. The molecule has 0 amide bonds. The Morgan fingerprint density at radius 3 is 2.50 bits per heavy atom. The zero-order valence-corrected chi connectivity index (χ0v) is 8.68. The van der Waals surface area contributed by atoms with Crippen LogP contribution in [0.1, 0.15) is 17.4 Å². The molecular formula is C13H12FNO. The fraction of sp³-hybridized carbons (Fsp3) is 0.154. The van der Waals surface area contributed by atoms with Crippen LogP contribution >= 0.6 is 0 Å². The van der Waals surface area contributed by atoms with Gasteiger partial charge in [0.05, 0.1) is 11.8 Å². The van der Waals surface area contributed by atoms with E-state index in [2.05, 4.69) is 4.98 Å². The number of hydrogen-bond acceptors (Lipinski definition) is 2. The Labute approximate surface area is 93.4 Å². The second-order valence-corrected chi connectivity index (χ2v) is 3.60. The number of hydrogen-bond donors (Lipinski definition) is 1. The first-order chi connectivity index (χ1) is 7.75. The molecule has 0 aliphatic carbocycles. The number of nitrogens with zero attached hydrogens (tertiary/aromatic N) is 1. The van der Waals surface area contributed by atoms with Gasteiger partial charge in [-0.15, -0.1) is 0 Å². The molecule has 1 aromatic carbocycles. The Kier molecular flexibility index (Phi) is 3.27. The van der Waals surface area contributed by atoms with Crippen molar-refractivity contribution in [3.05, 3.63) is 65.7 Å². The first-order valence-electron chi connectivity index (χ1n) is 5.09. The normalized spacial score (nSPS) is 12.4. The fourth-order valence-corrected chi connectivity index (χ4v) is 1.52. The lowest BCUT2D eigenvalue weighted by Gasteiger charge is -2.09. The van der Waals surface area contributed by atoms with E-state index in [0.29, 0.717) is 12.1 Å². The van der Waals surface area contributed by atoms with E-state index in [0.717, 1.165) is 5.56 Å². The molecule has 2 nitrogen and oxygen atoms in total. The highest BCUT2D eigenvalue weighted by Gasteiger charge is 2.09. The van der Waals surface area contributed by atoms with Gasteiger partial charge < -0.3 is 5.11 Å². The second-order valence-electron chi connectivity index (χ2n) is 3.60. The molecule has 2 aromatic rings. The van der Waals surface area contributed by atoms with Gasteiger partial charge in [0.25, 0.3) is 0 Å². The zero-order chi connectivity index (χ0) is 11.4. The molecule has 0 saturated heterocycles. The van der Waals surface area contributed by atoms with Crippen LogP contribution in [-0.4, -0.2) is 10.1 Å². The molecule has 0 spiro atoms. The van der Waals surface area contributed by atoms with Gasteiger partial charge in [0, 0.05) is 12.6 Å². The van der Waals surface area contributed by atoms with Gasteiger partial charge in [-0.25, -0.2) is 4.39 Å². The Morgan fingerprint density at radius 2 is 1.88 bits per heavy atom. The summed E-state index contributed by atoms with van der Waals surface area (Å²) in [6, 6.07) is 11.5. The number of aliphatic hydroxyl groups excluding tert-OH is 1. The van der Waals surface area contributed by atoms with Gasteiger partial charge in [-0.3, -0.25) is 4.98 Å². The third-order valence-electron chi connectivity index (χ3n) is 2.37.